The number of nitrogens with one attached hydrogen (secondary N) is 1. The molecular formula is C18H16F3N3O2S. The number of thiophene rings is 1. The Bertz CT molecular complexity index is 1040. The maximum Gasteiger partial charge on any atom is 0.433 e. The predicted octanol–water partition coefficient (Wildman–Crippen LogP) is 4.78. The summed E-state index contributed by atoms with van der Waals surface area (Å²) in [6.45, 7) is 3.36. The number of ether oxygens (including phenoxy) is 1. The number of alkyl halides is 3. The molecule has 2 aromatic heterocycles. The second kappa shape index (κ2) is 6.73. The number of nitrogens with zero attached hydrogens (tertiary/aromatic N) is 1. The third-order valence-corrected chi connectivity index (χ3v) is 5.09. The molecule has 0 saturated carbocycles. The molecule has 2 heterocycles. The Morgan fingerprint density at radius 2 is 1.96 bits per heavy atom. The quantitative estimate of drug-likeness (QED) is 0.669. The number of rotatable bonds is 3. The third-order valence-electron chi connectivity index (χ3n) is 4.00. The fourth-order valence-electron chi connectivity index (χ4n) is 2.72. The summed E-state index contributed by atoms with van der Waals surface area (Å²) in [5.74, 6) is -0.0744. The van der Waals surface area contributed by atoms with Crippen LogP contribution in [0.3, 0.4) is 0 Å². The molecule has 0 spiro atoms. The number of anilines is 2. The Morgan fingerprint density at radius 1 is 1.26 bits per heavy atom. The molecule has 0 radical (unpaired) electrons. The highest BCUT2D eigenvalue weighted by Gasteiger charge is 2.34. The van der Waals surface area contributed by atoms with Gasteiger partial charge in [-0.05, 0) is 43.2 Å². The van der Waals surface area contributed by atoms with E-state index in [9.17, 15) is 18.0 Å². The van der Waals surface area contributed by atoms with E-state index in [1.807, 2.05) is 13.0 Å². The van der Waals surface area contributed by atoms with E-state index in [-0.39, 0.29) is 15.4 Å². The molecule has 1 aromatic carbocycles. The maximum absolute atomic E-state index is 13.0. The van der Waals surface area contributed by atoms with Crippen LogP contribution in [0.4, 0.5) is 24.5 Å². The zero-order chi connectivity index (χ0) is 19.9. The van der Waals surface area contributed by atoms with Crippen LogP contribution in [0.5, 0.6) is 5.75 Å². The highest BCUT2D eigenvalue weighted by Crippen LogP contribution is 2.39. The predicted molar refractivity (Wildman–Crippen MR) is 99.5 cm³/mol. The van der Waals surface area contributed by atoms with Crippen LogP contribution >= 0.6 is 11.3 Å². The molecule has 0 aliphatic carbocycles. The second-order valence-electron chi connectivity index (χ2n) is 6.01. The third kappa shape index (κ3) is 3.55. The zero-order valence-corrected chi connectivity index (χ0v) is 15.5. The van der Waals surface area contributed by atoms with Crippen LogP contribution in [0.25, 0.3) is 10.2 Å². The summed E-state index contributed by atoms with van der Waals surface area (Å²) >= 11 is 0.824. The number of fused-ring (bicyclic) bond motifs is 1. The number of pyridine rings is 1. The summed E-state index contributed by atoms with van der Waals surface area (Å²) in [5.41, 5.74) is 6.81. The minimum atomic E-state index is -4.57. The fourth-order valence-corrected chi connectivity index (χ4v) is 3.79. The number of benzene rings is 1. The molecule has 3 N–H and O–H groups in total. The molecule has 3 rings (SSSR count). The lowest BCUT2D eigenvalue weighted by molar-refractivity contribution is -0.141. The summed E-state index contributed by atoms with van der Waals surface area (Å²) in [5, 5.41) is 3.06. The van der Waals surface area contributed by atoms with Crippen molar-refractivity contribution in [1.82, 2.24) is 4.98 Å². The van der Waals surface area contributed by atoms with Gasteiger partial charge >= 0.3 is 6.18 Å². The van der Waals surface area contributed by atoms with Gasteiger partial charge in [0.25, 0.3) is 5.91 Å². The lowest BCUT2D eigenvalue weighted by Gasteiger charge is -2.10. The number of carbonyl (C=O) groups excluding carboxylic acids is 1. The standard InChI is InChI=1S/C18H16F3N3O2S/c1-8-4-5-11(26-3)10(6-8)23-16(25)15-14(22)13-9(2)7-12(18(19,20)21)24-17(13)27-15/h4-7H,22H2,1-3H3,(H,23,25). The van der Waals surface area contributed by atoms with Crippen molar-refractivity contribution in [1.29, 1.82) is 0 Å². The van der Waals surface area contributed by atoms with Gasteiger partial charge in [-0.1, -0.05) is 6.07 Å². The average Bonchev–Trinajstić information content (AvgIpc) is 2.92. The number of nitrogens with two attached hydrogens (primary N) is 1. The Hall–Kier alpha value is -2.81. The van der Waals surface area contributed by atoms with Crippen LogP contribution in [0.15, 0.2) is 24.3 Å². The molecule has 0 bridgehead atoms. The number of aromatic nitrogens is 1. The van der Waals surface area contributed by atoms with E-state index in [2.05, 4.69) is 10.3 Å². The summed E-state index contributed by atoms with van der Waals surface area (Å²) < 4.78 is 44.2. The van der Waals surface area contributed by atoms with Crippen molar-refractivity contribution in [2.75, 3.05) is 18.2 Å². The van der Waals surface area contributed by atoms with Crippen LogP contribution in [0.1, 0.15) is 26.5 Å². The molecule has 0 fully saturated rings. The van der Waals surface area contributed by atoms with Gasteiger partial charge in [0.15, 0.2) is 0 Å². The lowest BCUT2D eigenvalue weighted by atomic mass is 10.1. The summed E-state index contributed by atoms with van der Waals surface area (Å²) in [7, 11) is 1.47. The Labute approximate surface area is 157 Å². The van der Waals surface area contributed by atoms with E-state index in [0.717, 1.165) is 23.0 Å². The van der Waals surface area contributed by atoms with Crippen molar-refractivity contribution in [3.05, 3.63) is 46.0 Å². The first-order valence-corrected chi connectivity index (χ1v) is 8.66. The lowest BCUT2D eigenvalue weighted by Crippen LogP contribution is -2.13. The van der Waals surface area contributed by atoms with Gasteiger partial charge in [0.2, 0.25) is 0 Å². The molecule has 0 aliphatic heterocycles. The largest absolute Gasteiger partial charge is 0.495 e. The van der Waals surface area contributed by atoms with E-state index in [4.69, 9.17) is 10.5 Å². The fraction of sp³-hybridized carbons (Fsp3) is 0.222. The first kappa shape index (κ1) is 19.0. The highest BCUT2D eigenvalue weighted by atomic mass is 32.1. The number of hydrogen-bond donors (Lipinski definition) is 2. The summed E-state index contributed by atoms with van der Waals surface area (Å²) in [4.78, 5) is 16.5. The van der Waals surface area contributed by atoms with Gasteiger partial charge in [-0.3, -0.25) is 4.79 Å². The van der Waals surface area contributed by atoms with Gasteiger partial charge in [-0.15, -0.1) is 11.3 Å². The van der Waals surface area contributed by atoms with Crippen LogP contribution < -0.4 is 15.8 Å². The molecule has 0 aliphatic rings. The molecule has 9 heteroatoms. The molecule has 0 atom stereocenters. The van der Waals surface area contributed by atoms with E-state index in [1.165, 1.54) is 14.0 Å². The number of carbonyl (C=O) groups is 1. The molecule has 0 unspecified atom stereocenters. The topological polar surface area (TPSA) is 77.2 Å². The van der Waals surface area contributed by atoms with Crippen LogP contribution in [-0.4, -0.2) is 18.0 Å². The minimum absolute atomic E-state index is 0.0705. The number of methoxy groups -OCH3 is 1. The molecule has 5 nitrogen and oxygen atoms in total. The van der Waals surface area contributed by atoms with Gasteiger partial charge in [0.1, 0.15) is 21.2 Å². The Morgan fingerprint density at radius 3 is 2.59 bits per heavy atom. The molecule has 3 aromatic rings. The normalized spacial score (nSPS) is 11.6. The van der Waals surface area contributed by atoms with E-state index in [0.29, 0.717) is 22.4 Å². The Balaban J connectivity index is 2.04. The van der Waals surface area contributed by atoms with Gasteiger partial charge in [0, 0.05) is 5.39 Å². The summed E-state index contributed by atoms with van der Waals surface area (Å²) in [6, 6.07) is 6.19. The van der Waals surface area contributed by atoms with E-state index < -0.39 is 17.8 Å². The van der Waals surface area contributed by atoms with E-state index in [1.54, 1.807) is 12.1 Å². The molecule has 142 valence electrons. The second-order valence-corrected chi connectivity index (χ2v) is 7.00. The van der Waals surface area contributed by atoms with Crippen molar-refractivity contribution in [2.24, 2.45) is 0 Å². The average molecular weight is 395 g/mol. The number of aryl methyl sites for hydroxylation is 2. The highest BCUT2D eigenvalue weighted by molar-refractivity contribution is 7.21. The molecule has 0 saturated heterocycles. The molecule has 27 heavy (non-hydrogen) atoms. The number of nitrogen functional groups attached to an aromatic ring is 1. The van der Waals surface area contributed by atoms with Gasteiger partial charge in [0.05, 0.1) is 18.5 Å². The van der Waals surface area contributed by atoms with Crippen LogP contribution in [0, 0.1) is 13.8 Å². The van der Waals surface area contributed by atoms with Crippen molar-refractivity contribution in [3.63, 3.8) is 0 Å². The van der Waals surface area contributed by atoms with Crippen molar-refractivity contribution < 1.29 is 22.7 Å². The Kier molecular flexibility index (Phi) is 4.73. The van der Waals surface area contributed by atoms with Gasteiger partial charge < -0.3 is 15.8 Å². The van der Waals surface area contributed by atoms with Crippen LogP contribution in [0.2, 0.25) is 0 Å². The number of amides is 1. The maximum atomic E-state index is 13.0. The SMILES string of the molecule is COc1ccc(C)cc1NC(=O)c1sc2nc(C(F)(F)F)cc(C)c2c1N. The first-order chi connectivity index (χ1) is 12.6. The van der Waals surface area contributed by atoms with Gasteiger partial charge in [-0.2, -0.15) is 13.2 Å². The molecule has 1 amide bonds. The zero-order valence-electron chi connectivity index (χ0n) is 14.7. The van der Waals surface area contributed by atoms with Crippen LogP contribution in [-0.2, 0) is 6.18 Å². The van der Waals surface area contributed by atoms with Crippen molar-refractivity contribution in [3.8, 4) is 5.75 Å². The monoisotopic (exact) mass is 395 g/mol. The number of hydrogen-bond acceptors (Lipinski definition) is 5. The van der Waals surface area contributed by atoms with Gasteiger partial charge in [-0.25, -0.2) is 4.98 Å². The minimum Gasteiger partial charge on any atom is -0.495 e. The smallest absolute Gasteiger partial charge is 0.433 e. The van der Waals surface area contributed by atoms with E-state index >= 15 is 0 Å². The van der Waals surface area contributed by atoms with Crippen molar-refractivity contribution in [2.45, 2.75) is 20.0 Å². The summed E-state index contributed by atoms with van der Waals surface area (Å²) in [6.07, 6.45) is -4.57. The first-order valence-electron chi connectivity index (χ1n) is 7.84. The number of halogens is 3. The molecular weight excluding hydrogens is 379 g/mol. The van der Waals surface area contributed by atoms with Crippen molar-refractivity contribution >= 4 is 38.8 Å².